The van der Waals surface area contributed by atoms with Crippen molar-refractivity contribution in [3.63, 3.8) is 0 Å². The number of carbonyl (C=O) groups is 1. The third kappa shape index (κ3) is 2.63. The van der Waals surface area contributed by atoms with E-state index in [1.807, 2.05) is 6.07 Å². The van der Waals surface area contributed by atoms with Crippen LogP contribution in [0.3, 0.4) is 0 Å². The summed E-state index contributed by atoms with van der Waals surface area (Å²) in [7, 11) is 0. The molecule has 20 heavy (non-hydrogen) atoms. The van der Waals surface area contributed by atoms with Gasteiger partial charge in [0.15, 0.2) is 0 Å². The van der Waals surface area contributed by atoms with Gasteiger partial charge < -0.3 is 5.11 Å². The van der Waals surface area contributed by atoms with Crippen LogP contribution in [0.25, 0.3) is 0 Å². The second kappa shape index (κ2) is 5.62. The van der Waals surface area contributed by atoms with E-state index < -0.39 is 5.97 Å². The number of carboxylic acids is 1. The first-order valence-corrected chi connectivity index (χ1v) is 8.16. The molecule has 1 aliphatic carbocycles. The van der Waals surface area contributed by atoms with Crippen LogP contribution in [0.2, 0.25) is 0 Å². The lowest BCUT2D eigenvalue weighted by Crippen LogP contribution is -2.18. The lowest BCUT2D eigenvalue weighted by atomic mass is 9.79. The molecular formula is C16H13BrO2S. The molecule has 0 saturated carbocycles. The molecule has 1 aliphatic rings. The van der Waals surface area contributed by atoms with E-state index in [9.17, 15) is 9.90 Å². The molecule has 1 atom stereocenters. The van der Waals surface area contributed by atoms with Crippen LogP contribution < -0.4 is 0 Å². The van der Waals surface area contributed by atoms with Gasteiger partial charge >= 0.3 is 5.97 Å². The van der Waals surface area contributed by atoms with Crippen molar-refractivity contribution in [2.24, 2.45) is 0 Å². The number of rotatable bonds is 4. The molecule has 2 nitrogen and oxygen atoms in total. The lowest BCUT2D eigenvalue weighted by Gasteiger charge is -2.29. The Bertz CT molecular complexity index is 669. The van der Waals surface area contributed by atoms with Crippen molar-refractivity contribution < 1.29 is 9.90 Å². The van der Waals surface area contributed by atoms with Gasteiger partial charge in [0.25, 0.3) is 0 Å². The first-order chi connectivity index (χ1) is 9.65. The molecule has 3 rings (SSSR count). The minimum absolute atomic E-state index is 0.380. The van der Waals surface area contributed by atoms with Gasteiger partial charge in [-0.05, 0) is 41.7 Å². The Hall–Kier alpha value is -1.26. The Labute approximate surface area is 130 Å². The molecule has 2 aromatic carbocycles. The highest BCUT2D eigenvalue weighted by atomic mass is 79.9. The smallest absolute Gasteiger partial charge is 0.336 e. The van der Waals surface area contributed by atoms with Gasteiger partial charge in [-0.2, -0.15) is 0 Å². The van der Waals surface area contributed by atoms with Crippen LogP contribution >= 0.6 is 27.7 Å². The number of hydrogen-bond acceptors (Lipinski definition) is 2. The fourth-order valence-corrected chi connectivity index (χ4v) is 4.21. The standard InChI is InChI=1S/C16H13BrO2S/c17-12-5-6-14(16(18)19)15(8-12)20-9-11-7-10-3-1-2-4-13(10)11/h1-6,8,11H,7,9H2,(H,18,19). The van der Waals surface area contributed by atoms with Gasteiger partial charge in [0.2, 0.25) is 0 Å². The first kappa shape index (κ1) is 13.7. The van der Waals surface area contributed by atoms with Gasteiger partial charge in [-0.25, -0.2) is 4.79 Å². The zero-order chi connectivity index (χ0) is 14.1. The van der Waals surface area contributed by atoms with Crippen molar-refractivity contribution in [2.75, 3.05) is 5.75 Å². The molecule has 0 aliphatic heterocycles. The molecule has 1 N–H and O–H groups in total. The highest BCUT2D eigenvalue weighted by Gasteiger charge is 2.25. The lowest BCUT2D eigenvalue weighted by molar-refractivity contribution is 0.0693. The summed E-state index contributed by atoms with van der Waals surface area (Å²) in [5, 5.41) is 9.22. The average Bonchev–Trinajstić information content (AvgIpc) is 2.39. The molecule has 0 heterocycles. The molecule has 2 aromatic rings. The fourth-order valence-electron chi connectivity index (χ4n) is 2.49. The average molecular weight is 349 g/mol. The van der Waals surface area contributed by atoms with Crippen LogP contribution in [0.1, 0.15) is 27.4 Å². The van der Waals surface area contributed by atoms with Crippen molar-refractivity contribution in [3.8, 4) is 0 Å². The predicted octanol–water partition coefficient (Wildman–Crippen LogP) is 4.58. The van der Waals surface area contributed by atoms with Crippen molar-refractivity contribution >= 4 is 33.7 Å². The Morgan fingerprint density at radius 2 is 2.10 bits per heavy atom. The molecule has 1 unspecified atom stereocenters. The van der Waals surface area contributed by atoms with Crippen LogP contribution in [0.5, 0.6) is 0 Å². The summed E-state index contributed by atoms with van der Waals surface area (Å²) in [6.07, 6.45) is 1.10. The Kier molecular flexibility index (Phi) is 3.85. The van der Waals surface area contributed by atoms with Gasteiger partial charge in [-0.1, -0.05) is 40.2 Å². The van der Waals surface area contributed by atoms with E-state index in [2.05, 4.69) is 40.2 Å². The monoisotopic (exact) mass is 348 g/mol. The van der Waals surface area contributed by atoms with Crippen LogP contribution in [0, 0.1) is 0 Å². The molecule has 4 heteroatoms. The molecule has 0 aromatic heterocycles. The normalized spacial score (nSPS) is 16.4. The Morgan fingerprint density at radius 3 is 2.85 bits per heavy atom. The number of aromatic carboxylic acids is 1. The molecule has 0 saturated heterocycles. The van der Waals surface area contributed by atoms with E-state index in [1.165, 1.54) is 11.1 Å². The van der Waals surface area contributed by atoms with E-state index in [0.717, 1.165) is 21.5 Å². The minimum atomic E-state index is -0.867. The highest BCUT2D eigenvalue weighted by Crippen LogP contribution is 2.39. The topological polar surface area (TPSA) is 37.3 Å². The Morgan fingerprint density at radius 1 is 1.30 bits per heavy atom. The zero-order valence-electron chi connectivity index (χ0n) is 10.7. The van der Waals surface area contributed by atoms with Gasteiger partial charge in [-0.15, -0.1) is 11.8 Å². The van der Waals surface area contributed by atoms with E-state index >= 15 is 0 Å². The van der Waals surface area contributed by atoms with Crippen LogP contribution in [-0.4, -0.2) is 16.8 Å². The molecular weight excluding hydrogens is 336 g/mol. The third-order valence-corrected chi connectivity index (χ3v) is 5.29. The largest absolute Gasteiger partial charge is 0.478 e. The van der Waals surface area contributed by atoms with Crippen molar-refractivity contribution in [3.05, 3.63) is 63.6 Å². The number of halogens is 1. The summed E-state index contributed by atoms with van der Waals surface area (Å²) in [4.78, 5) is 12.1. The Balaban J connectivity index is 1.74. The summed E-state index contributed by atoms with van der Waals surface area (Å²) in [5.41, 5.74) is 3.21. The molecule has 0 spiro atoms. The number of hydrogen-bond donors (Lipinski definition) is 1. The number of thioether (sulfide) groups is 1. The second-order valence-electron chi connectivity index (χ2n) is 4.86. The first-order valence-electron chi connectivity index (χ1n) is 6.38. The molecule has 0 radical (unpaired) electrons. The van der Waals surface area contributed by atoms with Crippen LogP contribution in [0.4, 0.5) is 0 Å². The van der Waals surface area contributed by atoms with Crippen molar-refractivity contribution in [2.45, 2.75) is 17.2 Å². The fraction of sp³-hybridized carbons (Fsp3) is 0.188. The molecule has 102 valence electrons. The molecule has 0 fully saturated rings. The predicted molar refractivity (Wildman–Crippen MR) is 84.7 cm³/mol. The number of fused-ring (bicyclic) bond motifs is 1. The van der Waals surface area contributed by atoms with E-state index in [1.54, 1.807) is 23.9 Å². The van der Waals surface area contributed by atoms with Gasteiger partial charge in [-0.3, -0.25) is 0 Å². The summed E-state index contributed by atoms with van der Waals surface area (Å²) in [5.74, 6) is 0.596. The minimum Gasteiger partial charge on any atom is -0.478 e. The van der Waals surface area contributed by atoms with Crippen LogP contribution in [0.15, 0.2) is 51.8 Å². The highest BCUT2D eigenvalue weighted by molar-refractivity contribution is 9.10. The molecule has 0 bridgehead atoms. The van der Waals surface area contributed by atoms with E-state index in [-0.39, 0.29) is 0 Å². The van der Waals surface area contributed by atoms with Gasteiger partial charge in [0.1, 0.15) is 0 Å². The maximum atomic E-state index is 11.2. The SMILES string of the molecule is O=C(O)c1ccc(Br)cc1SCC1Cc2ccccc21. The van der Waals surface area contributed by atoms with Gasteiger partial charge in [0, 0.05) is 15.1 Å². The number of benzene rings is 2. The van der Waals surface area contributed by atoms with Crippen LogP contribution in [-0.2, 0) is 6.42 Å². The zero-order valence-corrected chi connectivity index (χ0v) is 13.1. The third-order valence-electron chi connectivity index (χ3n) is 3.58. The van der Waals surface area contributed by atoms with Gasteiger partial charge in [0.05, 0.1) is 5.56 Å². The molecule has 0 amide bonds. The summed E-state index contributed by atoms with van der Waals surface area (Å²) < 4.78 is 0.916. The maximum Gasteiger partial charge on any atom is 0.336 e. The summed E-state index contributed by atoms with van der Waals surface area (Å²) in [6.45, 7) is 0. The second-order valence-corrected chi connectivity index (χ2v) is 6.83. The van der Waals surface area contributed by atoms with E-state index in [0.29, 0.717) is 11.5 Å². The summed E-state index contributed by atoms with van der Waals surface area (Å²) in [6, 6.07) is 13.8. The quantitative estimate of drug-likeness (QED) is 0.821. The van der Waals surface area contributed by atoms with Crippen molar-refractivity contribution in [1.82, 2.24) is 0 Å². The van der Waals surface area contributed by atoms with Crippen molar-refractivity contribution in [1.29, 1.82) is 0 Å². The maximum absolute atomic E-state index is 11.2. The summed E-state index contributed by atoms with van der Waals surface area (Å²) >= 11 is 5.03. The van der Waals surface area contributed by atoms with E-state index in [4.69, 9.17) is 0 Å². The number of carboxylic acid groups (broad SMARTS) is 1.